The SMILES string of the molecule is C=CCOc1ccccc1CNCc1nn[nH]n1. The van der Waals surface area contributed by atoms with Crippen LogP contribution in [-0.2, 0) is 13.1 Å². The lowest BCUT2D eigenvalue weighted by molar-refractivity contribution is 0.357. The molecular weight excluding hydrogens is 230 g/mol. The maximum Gasteiger partial charge on any atom is 0.188 e. The van der Waals surface area contributed by atoms with Crippen LogP contribution in [0.1, 0.15) is 11.4 Å². The van der Waals surface area contributed by atoms with Gasteiger partial charge < -0.3 is 10.1 Å². The van der Waals surface area contributed by atoms with Gasteiger partial charge in [0.2, 0.25) is 0 Å². The molecule has 6 nitrogen and oxygen atoms in total. The van der Waals surface area contributed by atoms with Gasteiger partial charge in [-0.15, -0.1) is 10.2 Å². The summed E-state index contributed by atoms with van der Waals surface area (Å²) in [7, 11) is 0. The van der Waals surface area contributed by atoms with Crippen LogP contribution in [0.4, 0.5) is 0 Å². The number of hydrogen-bond donors (Lipinski definition) is 2. The van der Waals surface area contributed by atoms with Gasteiger partial charge in [0.1, 0.15) is 12.4 Å². The second-order valence-corrected chi connectivity index (χ2v) is 3.64. The molecule has 1 heterocycles. The first kappa shape index (κ1) is 12.3. The van der Waals surface area contributed by atoms with E-state index in [-0.39, 0.29) is 0 Å². The molecule has 1 aromatic carbocycles. The Morgan fingerprint density at radius 1 is 1.33 bits per heavy atom. The monoisotopic (exact) mass is 245 g/mol. The Morgan fingerprint density at radius 2 is 2.22 bits per heavy atom. The van der Waals surface area contributed by atoms with Crippen molar-refractivity contribution < 1.29 is 4.74 Å². The number of hydrogen-bond acceptors (Lipinski definition) is 5. The Balaban J connectivity index is 1.89. The Kier molecular flexibility index (Phi) is 4.43. The molecular formula is C12H15N5O. The van der Waals surface area contributed by atoms with Gasteiger partial charge in [-0.1, -0.05) is 36.1 Å². The minimum atomic E-state index is 0.502. The minimum Gasteiger partial charge on any atom is -0.489 e. The summed E-state index contributed by atoms with van der Waals surface area (Å²) in [6.45, 7) is 5.38. The average molecular weight is 245 g/mol. The van der Waals surface area contributed by atoms with Crippen molar-refractivity contribution in [3.63, 3.8) is 0 Å². The van der Waals surface area contributed by atoms with Crippen LogP contribution in [0.25, 0.3) is 0 Å². The highest BCUT2D eigenvalue weighted by Crippen LogP contribution is 2.17. The van der Waals surface area contributed by atoms with Gasteiger partial charge in [-0.2, -0.15) is 5.21 Å². The highest BCUT2D eigenvalue weighted by Gasteiger charge is 2.03. The number of H-pyrrole nitrogens is 1. The Labute approximate surface area is 105 Å². The number of tetrazole rings is 1. The van der Waals surface area contributed by atoms with E-state index >= 15 is 0 Å². The minimum absolute atomic E-state index is 0.502. The van der Waals surface area contributed by atoms with Crippen molar-refractivity contribution in [2.45, 2.75) is 13.1 Å². The van der Waals surface area contributed by atoms with Crippen molar-refractivity contribution in [2.75, 3.05) is 6.61 Å². The topological polar surface area (TPSA) is 75.7 Å². The van der Waals surface area contributed by atoms with Gasteiger partial charge in [-0.25, -0.2) is 0 Å². The predicted molar refractivity (Wildman–Crippen MR) is 66.9 cm³/mol. The van der Waals surface area contributed by atoms with E-state index in [2.05, 4.69) is 32.5 Å². The quantitative estimate of drug-likeness (QED) is 0.713. The smallest absolute Gasteiger partial charge is 0.188 e. The van der Waals surface area contributed by atoms with E-state index in [1.807, 2.05) is 24.3 Å². The number of aromatic nitrogens is 4. The van der Waals surface area contributed by atoms with Crippen LogP contribution < -0.4 is 10.1 Å². The first-order chi connectivity index (χ1) is 8.90. The molecule has 94 valence electrons. The fraction of sp³-hybridized carbons (Fsp3) is 0.250. The largest absolute Gasteiger partial charge is 0.489 e. The summed E-state index contributed by atoms with van der Waals surface area (Å²) in [4.78, 5) is 0. The third-order valence-electron chi connectivity index (χ3n) is 2.32. The number of rotatable bonds is 7. The molecule has 2 rings (SSSR count). The predicted octanol–water partition coefficient (Wildman–Crippen LogP) is 1.05. The maximum absolute atomic E-state index is 5.57. The van der Waals surface area contributed by atoms with E-state index in [0.717, 1.165) is 11.3 Å². The average Bonchev–Trinajstić information content (AvgIpc) is 2.91. The molecule has 2 N–H and O–H groups in total. The summed E-state index contributed by atoms with van der Waals surface area (Å²) < 4.78 is 5.57. The molecule has 0 unspecified atom stereocenters. The molecule has 0 saturated carbocycles. The van der Waals surface area contributed by atoms with Crippen molar-refractivity contribution in [2.24, 2.45) is 0 Å². The van der Waals surface area contributed by atoms with Crippen molar-refractivity contribution >= 4 is 0 Å². The summed E-state index contributed by atoms with van der Waals surface area (Å²) in [5.74, 6) is 1.50. The molecule has 0 atom stereocenters. The van der Waals surface area contributed by atoms with Crippen molar-refractivity contribution in [1.29, 1.82) is 0 Å². The molecule has 0 bridgehead atoms. The van der Waals surface area contributed by atoms with E-state index in [0.29, 0.717) is 25.5 Å². The molecule has 6 heteroatoms. The van der Waals surface area contributed by atoms with E-state index < -0.39 is 0 Å². The lowest BCUT2D eigenvalue weighted by Gasteiger charge is -2.10. The summed E-state index contributed by atoms with van der Waals surface area (Å²) in [5, 5.41) is 16.9. The molecule has 18 heavy (non-hydrogen) atoms. The van der Waals surface area contributed by atoms with E-state index in [9.17, 15) is 0 Å². The molecule has 0 aliphatic heterocycles. The first-order valence-corrected chi connectivity index (χ1v) is 5.65. The third-order valence-corrected chi connectivity index (χ3v) is 2.32. The van der Waals surface area contributed by atoms with Crippen molar-refractivity contribution in [3.05, 3.63) is 48.3 Å². The zero-order chi connectivity index (χ0) is 12.6. The fourth-order valence-corrected chi connectivity index (χ4v) is 1.51. The Bertz CT molecular complexity index is 483. The number of aromatic amines is 1. The van der Waals surface area contributed by atoms with Crippen LogP contribution in [0.3, 0.4) is 0 Å². The number of nitrogens with zero attached hydrogens (tertiary/aromatic N) is 3. The molecule has 0 spiro atoms. The zero-order valence-corrected chi connectivity index (χ0v) is 9.97. The molecule has 0 fully saturated rings. The first-order valence-electron chi connectivity index (χ1n) is 5.65. The lowest BCUT2D eigenvalue weighted by atomic mass is 10.2. The van der Waals surface area contributed by atoms with Crippen LogP contribution in [0, 0.1) is 0 Å². The van der Waals surface area contributed by atoms with Gasteiger partial charge in [-0.3, -0.25) is 0 Å². The van der Waals surface area contributed by atoms with Gasteiger partial charge in [-0.05, 0) is 6.07 Å². The summed E-state index contributed by atoms with van der Waals surface area (Å²) in [6.07, 6.45) is 1.73. The molecule has 2 aromatic rings. The van der Waals surface area contributed by atoms with Gasteiger partial charge in [0.25, 0.3) is 0 Å². The summed E-state index contributed by atoms with van der Waals surface area (Å²) in [6, 6.07) is 7.88. The van der Waals surface area contributed by atoms with Crippen molar-refractivity contribution in [3.8, 4) is 5.75 Å². The highest BCUT2D eigenvalue weighted by atomic mass is 16.5. The highest BCUT2D eigenvalue weighted by molar-refractivity contribution is 5.33. The Hall–Kier alpha value is -2.21. The third kappa shape index (κ3) is 3.39. The molecule has 0 aliphatic rings. The van der Waals surface area contributed by atoms with E-state index in [1.54, 1.807) is 6.08 Å². The number of benzene rings is 1. The molecule has 0 saturated heterocycles. The maximum atomic E-state index is 5.57. The Morgan fingerprint density at radius 3 is 3.00 bits per heavy atom. The molecule has 0 aliphatic carbocycles. The van der Waals surface area contributed by atoms with E-state index in [1.165, 1.54) is 0 Å². The van der Waals surface area contributed by atoms with Gasteiger partial charge >= 0.3 is 0 Å². The molecule has 1 aromatic heterocycles. The normalized spacial score (nSPS) is 10.2. The summed E-state index contributed by atoms with van der Waals surface area (Å²) >= 11 is 0. The number of para-hydroxylation sites is 1. The van der Waals surface area contributed by atoms with Crippen molar-refractivity contribution in [1.82, 2.24) is 25.9 Å². The standard InChI is InChI=1S/C12H15N5O/c1-2-7-18-11-6-4-3-5-10(11)8-13-9-12-14-16-17-15-12/h2-6,13H,1,7-9H2,(H,14,15,16,17). The van der Waals surface area contributed by atoms with Crippen LogP contribution in [0.5, 0.6) is 5.75 Å². The second kappa shape index (κ2) is 6.51. The van der Waals surface area contributed by atoms with Crippen LogP contribution >= 0.6 is 0 Å². The molecule has 0 amide bonds. The van der Waals surface area contributed by atoms with Gasteiger partial charge in [0, 0.05) is 12.1 Å². The van der Waals surface area contributed by atoms with Crippen LogP contribution in [0.2, 0.25) is 0 Å². The van der Waals surface area contributed by atoms with E-state index in [4.69, 9.17) is 4.74 Å². The second-order valence-electron chi connectivity index (χ2n) is 3.64. The number of ether oxygens (including phenoxy) is 1. The lowest BCUT2D eigenvalue weighted by Crippen LogP contribution is -2.14. The fourth-order valence-electron chi connectivity index (χ4n) is 1.51. The summed E-state index contributed by atoms with van der Waals surface area (Å²) in [5.41, 5.74) is 1.09. The van der Waals surface area contributed by atoms with Gasteiger partial charge in [0.15, 0.2) is 5.82 Å². The van der Waals surface area contributed by atoms with Crippen LogP contribution in [0.15, 0.2) is 36.9 Å². The molecule has 0 radical (unpaired) electrons. The van der Waals surface area contributed by atoms with Crippen LogP contribution in [-0.4, -0.2) is 27.2 Å². The number of nitrogens with one attached hydrogen (secondary N) is 2. The zero-order valence-electron chi connectivity index (χ0n) is 9.97. The van der Waals surface area contributed by atoms with Gasteiger partial charge in [0.05, 0.1) is 6.54 Å².